The number of aliphatic hydroxyl groups excluding tert-OH is 1. The lowest BCUT2D eigenvalue weighted by Crippen LogP contribution is -2.70. The number of ether oxygens (including phenoxy) is 10. The van der Waals surface area contributed by atoms with Gasteiger partial charge in [0.25, 0.3) is 0 Å². The van der Waals surface area contributed by atoms with E-state index in [4.69, 9.17) is 47.4 Å². The Hall–Kier alpha value is -3.27. The molecular weight excluding hydrogens is 660 g/mol. The van der Waals surface area contributed by atoms with E-state index < -0.39 is 66.9 Å². The zero-order chi connectivity index (χ0) is 36.2. The molecule has 0 bridgehead atoms. The van der Waals surface area contributed by atoms with E-state index in [1.54, 1.807) is 14.0 Å². The Morgan fingerprint density at radius 1 is 0.667 bits per heavy atom. The van der Waals surface area contributed by atoms with E-state index >= 15 is 0 Å². The number of hydrogen-bond donors (Lipinski definition) is 1. The van der Waals surface area contributed by atoms with Crippen LogP contribution in [0.1, 0.15) is 30.0 Å². The van der Waals surface area contributed by atoms with Crippen LogP contribution in [0.25, 0.3) is 0 Å². The van der Waals surface area contributed by atoms with Gasteiger partial charge in [0.2, 0.25) is 0 Å². The van der Waals surface area contributed by atoms with Crippen LogP contribution in [0.15, 0.2) is 91.0 Å². The van der Waals surface area contributed by atoms with E-state index in [9.17, 15) is 9.90 Å². The quantitative estimate of drug-likeness (QED) is 0.202. The molecule has 51 heavy (non-hydrogen) atoms. The van der Waals surface area contributed by atoms with E-state index in [-0.39, 0.29) is 26.2 Å². The number of carbonyl (C=O) groups excluding carboxylic acids is 1. The predicted octanol–water partition coefficient (Wildman–Crippen LogP) is 4.20. The third kappa shape index (κ3) is 9.21. The van der Waals surface area contributed by atoms with E-state index in [0.717, 1.165) is 16.7 Å². The van der Waals surface area contributed by atoms with Crippen molar-refractivity contribution in [3.63, 3.8) is 0 Å². The van der Waals surface area contributed by atoms with Crippen LogP contribution in [0.3, 0.4) is 0 Å². The average Bonchev–Trinajstić information content (AvgIpc) is 3.18. The third-order valence-electron chi connectivity index (χ3n) is 9.39. The number of aliphatic hydroxyl groups is 1. The van der Waals surface area contributed by atoms with Gasteiger partial charge in [-0.25, -0.2) is 4.79 Å². The highest BCUT2D eigenvalue weighted by atomic mass is 16.8. The molecule has 3 aromatic rings. The van der Waals surface area contributed by atoms with Crippen molar-refractivity contribution in [2.45, 2.75) is 94.1 Å². The monoisotopic (exact) mass is 710 g/mol. The van der Waals surface area contributed by atoms with Gasteiger partial charge in [0, 0.05) is 21.3 Å². The van der Waals surface area contributed by atoms with Crippen LogP contribution < -0.4 is 0 Å². The number of rotatable bonds is 17. The molecule has 2 fully saturated rings. The lowest BCUT2D eigenvalue weighted by Gasteiger charge is -2.51. The lowest BCUT2D eigenvalue weighted by atomic mass is 9.84. The molecule has 1 N–H and O–H groups in total. The van der Waals surface area contributed by atoms with Gasteiger partial charge in [0.1, 0.15) is 42.7 Å². The molecule has 2 saturated heterocycles. The molecule has 0 spiro atoms. The highest BCUT2D eigenvalue weighted by Gasteiger charge is 2.61. The fourth-order valence-corrected chi connectivity index (χ4v) is 6.62. The Morgan fingerprint density at radius 2 is 1.20 bits per heavy atom. The van der Waals surface area contributed by atoms with Crippen molar-refractivity contribution in [3.8, 4) is 0 Å². The first-order valence-electron chi connectivity index (χ1n) is 17.1. The van der Waals surface area contributed by atoms with Gasteiger partial charge in [-0.1, -0.05) is 97.9 Å². The average molecular weight is 711 g/mol. The van der Waals surface area contributed by atoms with E-state index in [1.807, 2.05) is 91.0 Å². The molecule has 0 aromatic heterocycles. The minimum absolute atomic E-state index is 0.0598. The summed E-state index contributed by atoms with van der Waals surface area (Å²) in [4.78, 5) is 13.3. The topological polar surface area (TPSA) is 130 Å². The molecule has 10 atom stereocenters. The fourth-order valence-electron chi connectivity index (χ4n) is 6.62. The molecule has 4 unspecified atom stereocenters. The Bertz CT molecular complexity index is 1450. The number of esters is 1. The number of methoxy groups -OCH3 is 4. The van der Waals surface area contributed by atoms with Crippen LogP contribution in [-0.2, 0) is 72.0 Å². The summed E-state index contributed by atoms with van der Waals surface area (Å²) < 4.78 is 61.8. The first-order chi connectivity index (χ1) is 24.9. The highest BCUT2D eigenvalue weighted by molar-refractivity contribution is 5.80. The van der Waals surface area contributed by atoms with Gasteiger partial charge in [-0.05, 0) is 23.1 Å². The van der Waals surface area contributed by atoms with Gasteiger partial charge in [-0.3, -0.25) is 0 Å². The maximum absolute atomic E-state index is 13.3. The van der Waals surface area contributed by atoms with Crippen LogP contribution >= 0.6 is 0 Å². The van der Waals surface area contributed by atoms with Crippen molar-refractivity contribution in [1.82, 2.24) is 0 Å². The molecule has 0 aliphatic carbocycles. The van der Waals surface area contributed by atoms with Crippen molar-refractivity contribution in [3.05, 3.63) is 108 Å². The van der Waals surface area contributed by atoms with Gasteiger partial charge >= 0.3 is 5.97 Å². The summed E-state index contributed by atoms with van der Waals surface area (Å²) in [6.07, 6.45) is -8.82. The van der Waals surface area contributed by atoms with Crippen molar-refractivity contribution in [2.75, 3.05) is 35.0 Å². The van der Waals surface area contributed by atoms with Crippen molar-refractivity contribution in [2.24, 2.45) is 0 Å². The van der Waals surface area contributed by atoms with Crippen LogP contribution in [0, 0.1) is 0 Å². The third-order valence-corrected chi connectivity index (χ3v) is 9.39. The largest absolute Gasteiger partial charge is 0.467 e. The van der Waals surface area contributed by atoms with Crippen LogP contribution in [0.5, 0.6) is 0 Å². The molecule has 0 radical (unpaired) electrons. The molecule has 5 rings (SSSR count). The molecule has 12 heteroatoms. The molecule has 2 aliphatic rings. The normalized spacial score (nSPS) is 30.9. The summed E-state index contributed by atoms with van der Waals surface area (Å²) in [7, 11) is 5.65. The summed E-state index contributed by atoms with van der Waals surface area (Å²) in [5.41, 5.74) is 1.03. The maximum Gasteiger partial charge on any atom is 0.341 e. The van der Waals surface area contributed by atoms with Gasteiger partial charge < -0.3 is 52.5 Å². The summed E-state index contributed by atoms with van der Waals surface area (Å²) >= 11 is 0. The first kappa shape index (κ1) is 38.9. The van der Waals surface area contributed by atoms with Gasteiger partial charge in [-0.2, -0.15) is 0 Å². The SMILES string of the molecule is CCC1(C(=O)OC)O[C@@H](O[C@H]2C(COCc3ccccc3)O[C@@H](OC)C(OCc3ccccc3)[C@@H]2OCc2ccccc2)C(OC)[C@@H](OC)[C@H]1O. The summed E-state index contributed by atoms with van der Waals surface area (Å²) in [6, 6.07) is 29.2. The van der Waals surface area contributed by atoms with Crippen LogP contribution in [-0.4, -0.2) is 107 Å². The highest BCUT2D eigenvalue weighted by Crippen LogP contribution is 2.39. The second kappa shape index (κ2) is 19.0. The van der Waals surface area contributed by atoms with Crippen molar-refractivity contribution >= 4 is 5.97 Å². The second-order valence-corrected chi connectivity index (χ2v) is 12.5. The standard InChI is InChI=1S/C39H50O12/c1-6-39(38(41)45-5)35(40)32(42-2)33(43-3)37(51-39)50-30-29(25-46-22-26-16-10-7-11-17-26)49-36(44-4)34(48-24-28-20-14-9-15-21-28)31(30)47-23-27-18-12-8-13-19-27/h7-21,29-37,40H,6,22-25H2,1-5H3/t29?,30-,31+,32+,33?,34?,35+,36+,37+,39?/m0/s1. The first-order valence-corrected chi connectivity index (χ1v) is 17.1. The summed E-state index contributed by atoms with van der Waals surface area (Å²) in [5.74, 6) is -0.772. The van der Waals surface area contributed by atoms with Crippen molar-refractivity contribution in [1.29, 1.82) is 0 Å². The van der Waals surface area contributed by atoms with Crippen LogP contribution in [0.2, 0.25) is 0 Å². The number of carbonyl (C=O) groups is 1. The molecular formula is C39H50O12. The Labute approximate surface area is 299 Å². The second-order valence-electron chi connectivity index (χ2n) is 12.5. The number of benzene rings is 3. The molecule has 2 aliphatic heterocycles. The molecule has 278 valence electrons. The molecule has 0 saturated carbocycles. The maximum atomic E-state index is 13.3. The summed E-state index contributed by atoms with van der Waals surface area (Å²) in [5, 5.41) is 11.4. The molecule has 3 aromatic carbocycles. The Morgan fingerprint density at radius 3 is 1.69 bits per heavy atom. The van der Waals surface area contributed by atoms with Gasteiger partial charge in [-0.15, -0.1) is 0 Å². The van der Waals surface area contributed by atoms with Crippen molar-refractivity contribution < 1.29 is 57.3 Å². The lowest BCUT2D eigenvalue weighted by molar-refractivity contribution is -0.379. The van der Waals surface area contributed by atoms with Gasteiger partial charge in [0.15, 0.2) is 18.2 Å². The zero-order valence-electron chi connectivity index (χ0n) is 29.8. The van der Waals surface area contributed by atoms with Gasteiger partial charge in [0.05, 0.1) is 33.5 Å². The smallest absolute Gasteiger partial charge is 0.341 e. The Kier molecular flexibility index (Phi) is 14.5. The molecule has 12 nitrogen and oxygen atoms in total. The fraction of sp³-hybridized carbons (Fsp3) is 0.513. The molecule has 2 heterocycles. The van der Waals surface area contributed by atoms with E-state index in [2.05, 4.69) is 0 Å². The number of hydrogen-bond acceptors (Lipinski definition) is 12. The predicted molar refractivity (Wildman–Crippen MR) is 184 cm³/mol. The summed E-state index contributed by atoms with van der Waals surface area (Å²) in [6.45, 7) is 2.55. The zero-order valence-corrected chi connectivity index (χ0v) is 29.8. The minimum atomic E-state index is -1.82. The van der Waals surface area contributed by atoms with E-state index in [1.165, 1.54) is 21.3 Å². The van der Waals surface area contributed by atoms with E-state index in [0.29, 0.717) is 6.61 Å². The van der Waals surface area contributed by atoms with Crippen LogP contribution in [0.4, 0.5) is 0 Å². The molecule has 0 amide bonds. The minimum Gasteiger partial charge on any atom is -0.467 e. The Balaban J connectivity index is 1.52.